The Morgan fingerprint density at radius 3 is 2.32 bits per heavy atom. The van der Waals surface area contributed by atoms with Gasteiger partial charge >= 0.3 is 0 Å². The molecule has 0 aromatic heterocycles. The predicted molar refractivity (Wildman–Crippen MR) is 159 cm³/mol. The van der Waals surface area contributed by atoms with Gasteiger partial charge in [-0.15, -0.1) is 0 Å². The Balaban J connectivity index is 0.000000352. The van der Waals surface area contributed by atoms with E-state index in [9.17, 15) is 5.11 Å². The lowest BCUT2D eigenvalue weighted by molar-refractivity contribution is 0.104. The number of amidine groups is 1. The molecule has 8 nitrogen and oxygen atoms in total. The maximum absolute atomic E-state index is 10.1. The third kappa shape index (κ3) is 11.2. The summed E-state index contributed by atoms with van der Waals surface area (Å²) in [7, 11) is 3.91. The van der Waals surface area contributed by atoms with E-state index >= 15 is 0 Å². The summed E-state index contributed by atoms with van der Waals surface area (Å²) >= 11 is 0. The molecule has 0 radical (unpaired) electrons. The zero-order chi connectivity index (χ0) is 27.8. The van der Waals surface area contributed by atoms with Crippen LogP contribution in [0.25, 0.3) is 0 Å². The molecule has 0 spiro atoms. The maximum atomic E-state index is 10.1. The van der Waals surface area contributed by atoms with Crippen LogP contribution in [-0.4, -0.2) is 54.5 Å². The van der Waals surface area contributed by atoms with Gasteiger partial charge in [-0.2, -0.15) is 10.2 Å². The molecule has 8 heteroatoms. The van der Waals surface area contributed by atoms with E-state index in [1.54, 1.807) is 19.2 Å². The average Bonchev–Trinajstić information content (AvgIpc) is 3.07. The number of unbranched alkanes of at least 4 members (excludes halogenated alkanes) is 2. The van der Waals surface area contributed by atoms with Crippen molar-refractivity contribution in [3.05, 3.63) is 41.0 Å². The van der Waals surface area contributed by atoms with Gasteiger partial charge in [0.25, 0.3) is 0 Å². The van der Waals surface area contributed by atoms with Gasteiger partial charge in [0.05, 0.1) is 5.71 Å². The first kappa shape index (κ1) is 32.5. The SMILES string of the molecule is CCC1=CC(c2ccc(C(=N)N)cc2O)=NN=C(C)C1.CCCCCC1(CC)CCN(C)CC1.CNN. The van der Waals surface area contributed by atoms with Crippen molar-refractivity contribution < 1.29 is 5.11 Å². The molecular formula is C29H51N7O. The van der Waals surface area contributed by atoms with Crippen LogP contribution >= 0.6 is 0 Å². The number of hydrogen-bond acceptors (Lipinski definition) is 7. The van der Waals surface area contributed by atoms with E-state index in [1.165, 1.54) is 69.7 Å². The molecule has 37 heavy (non-hydrogen) atoms. The lowest BCUT2D eigenvalue weighted by Crippen LogP contribution is -2.37. The van der Waals surface area contributed by atoms with Gasteiger partial charge in [-0.25, -0.2) is 0 Å². The number of likely N-dealkylation sites (tertiary alicyclic amines) is 1. The van der Waals surface area contributed by atoms with Gasteiger partial charge in [0.1, 0.15) is 11.6 Å². The quantitative estimate of drug-likeness (QED) is 0.105. The van der Waals surface area contributed by atoms with E-state index in [2.05, 4.69) is 54.2 Å². The van der Waals surface area contributed by atoms with Crippen molar-refractivity contribution in [2.75, 3.05) is 27.2 Å². The summed E-state index contributed by atoms with van der Waals surface area (Å²) in [5.74, 6) is 4.58. The number of aromatic hydroxyl groups is 1. The zero-order valence-electron chi connectivity index (χ0n) is 24.0. The number of nitrogen functional groups attached to an aromatic ring is 1. The fraction of sp³-hybridized carbons (Fsp3) is 0.621. The van der Waals surface area contributed by atoms with Gasteiger partial charge in [-0.3, -0.25) is 16.7 Å². The molecule has 0 aliphatic carbocycles. The molecule has 2 heterocycles. The molecule has 1 fully saturated rings. The molecule has 1 aromatic carbocycles. The Bertz CT molecular complexity index is 928. The molecule has 0 atom stereocenters. The summed E-state index contributed by atoms with van der Waals surface area (Å²) in [5.41, 5.74) is 12.3. The normalized spacial score (nSPS) is 17.1. The number of phenols is 1. The lowest BCUT2D eigenvalue weighted by Gasteiger charge is -2.40. The largest absolute Gasteiger partial charge is 0.507 e. The van der Waals surface area contributed by atoms with E-state index in [-0.39, 0.29) is 11.6 Å². The fourth-order valence-electron chi connectivity index (χ4n) is 4.67. The molecule has 2 aliphatic rings. The van der Waals surface area contributed by atoms with Crippen LogP contribution in [-0.2, 0) is 0 Å². The zero-order valence-corrected chi connectivity index (χ0v) is 24.0. The highest BCUT2D eigenvalue weighted by atomic mass is 16.3. The van der Waals surface area contributed by atoms with E-state index in [1.807, 2.05) is 13.0 Å². The number of hydrazine groups is 1. The molecular weight excluding hydrogens is 462 g/mol. The molecule has 1 aromatic rings. The third-order valence-electron chi connectivity index (χ3n) is 7.30. The third-order valence-corrected chi connectivity index (χ3v) is 7.30. The molecule has 0 amide bonds. The van der Waals surface area contributed by atoms with Crippen molar-refractivity contribution in [1.29, 1.82) is 5.41 Å². The van der Waals surface area contributed by atoms with Crippen molar-refractivity contribution in [2.24, 2.45) is 27.2 Å². The summed E-state index contributed by atoms with van der Waals surface area (Å²) in [6.07, 6.45) is 13.7. The first-order chi connectivity index (χ1) is 17.6. The second-order valence-electron chi connectivity index (χ2n) is 10.2. The van der Waals surface area contributed by atoms with Crippen LogP contribution in [0.3, 0.4) is 0 Å². The first-order valence-electron chi connectivity index (χ1n) is 13.7. The summed E-state index contributed by atoms with van der Waals surface area (Å²) in [6.45, 7) is 11.3. The molecule has 2 aliphatic heterocycles. The van der Waals surface area contributed by atoms with E-state index in [4.69, 9.17) is 11.1 Å². The second kappa shape index (κ2) is 17.1. The second-order valence-corrected chi connectivity index (χ2v) is 10.2. The minimum Gasteiger partial charge on any atom is -0.507 e. The average molecular weight is 514 g/mol. The number of allylic oxidation sites excluding steroid dienone is 2. The molecule has 0 unspecified atom stereocenters. The van der Waals surface area contributed by atoms with Crippen LogP contribution < -0.4 is 17.0 Å². The Kier molecular flexibility index (Phi) is 15.0. The van der Waals surface area contributed by atoms with Crippen molar-refractivity contribution >= 4 is 17.3 Å². The number of rotatable bonds is 8. The number of benzene rings is 1. The van der Waals surface area contributed by atoms with Gasteiger partial charge in [-0.05, 0) is 83.4 Å². The van der Waals surface area contributed by atoms with Crippen molar-refractivity contribution in [3.8, 4) is 5.75 Å². The lowest BCUT2D eigenvalue weighted by atomic mass is 9.72. The highest BCUT2D eigenvalue weighted by Gasteiger charge is 2.30. The number of phenolic OH excluding ortho intramolecular Hbond substituents is 1. The van der Waals surface area contributed by atoms with Gasteiger partial charge in [0.15, 0.2) is 0 Å². The number of nitrogens with two attached hydrogens (primary N) is 2. The Morgan fingerprint density at radius 2 is 1.81 bits per heavy atom. The number of nitrogens with one attached hydrogen (secondary N) is 2. The molecule has 0 bridgehead atoms. The monoisotopic (exact) mass is 513 g/mol. The smallest absolute Gasteiger partial charge is 0.125 e. The molecule has 0 saturated carbocycles. The summed E-state index contributed by atoms with van der Waals surface area (Å²) < 4.78 is 0. The van der Waals surface area contributed by atoms with Crippen LogP contribution in [0.15, 0.2) is 40.1 Å². The fourth-order valence-corrected chi connectivity index (χ4v) is 4.67. The van der Waals surface area contributed by atoms with Crippen LogP contribution in [0, 0.1) is 10.8 Å². The highest BCUT2D eigenvalue weighted by Crippen LogP contribution is 2.39. The van der Waals surface area contributed by atoms with Crippen molar-refractivity contribution in [2.45, 2.75) is 85.5 Å². The van der Waals surface area contributed by atoms with E-state index in [0.29, 0.717) is 22.3 Å². The summed E-state index contributed by atoms with van der Waals surface area (Å²) in [6, 6.07) is 4.88. The van der Waals surface area contributed by atoms with Gasteiger partial charge in [0.2, 0.25) is 0 Å². The summed E-state index contributed by atoms with van der Waals surface area (Å²) in [5, 5.41) is 25.8. The Hall–Kier alpha value is -2.55. The van der Waals surface area contributed by atoms with Gasteiger partial charge in [-0.1, -0.05) is 58.1 Å². The minimum atomic E-state index is -0.0756. The molecule has 1 saturated heterocycles. The number of nitrogens with zero attached hydrogens (tertiary/aromatic N) is 3. The Labute approximate surface area is 224 Å². The first-order valence-corrected chi connectivity index (χ1v) is 13.7. The van der Waals surface area contributed by atoms with Crippen LogP contribution in [0.5, 0.6) is 5.75 Å². The minimum absolute atomic E-state index is 0.0536. The summed E-state index contributed by atoms with van der Waals surface area (Å²) in [4.78, 5) is 2.48. The van der Waals surface area contributed by atoms with Crippen LogP contribution in [0.2, 0.25) is 0 Å². The number of piperidine rings is 1. The van der Waals surface area contributed by atoms with Crippen molar-refractivity contribution in [3.63, 3.8) is 0 Å². The van der Waals surface area contributed by atoms with Gasteiger partial charge < -0.3 is 15.7 Å². The maximum Gasteiger partial charge on any atom is 0.125 e. The van der Waals surface area contributed by atoms with Crippen LogP contribution in [0.4, 0.5) is 0 Å². The number of hydrogen-bond donors (Lipinski definition) is 5. The molecule has 3 rings (SSSR count). The molecule has 7 N–H and O–H groups in total. The standard InChI is InChI=1S/C15H18N4O.C13H27N.CH6N2/c1-3-10-6-9(2)18-19-13(7-10)12-5-4-11(15(16)17)8-14(12)20;1-4-6-7-8-13(5-2)9-11-14(3)12-10-13;1-3-2/h4-5,7-8,20H,3,6H2,1-2H3,(H3,16,17);4-12H2,1-3H3;3H,2H2,1H3. The topological polar surface area (TPSA) is 136 Å². The Morgan fingerprint density at radius 1 is 1.16 bits per heavy atom. The predicted octanol–water partition coefficient (Wildman–Crippen LogP) is 5.35. The molecule has 208 valence electrons. The highest BCUT2D eigenvalue weighted by molar-refractivity contribution is 6.12. The van der Waals surface area contributed by atoms with E-state index < -0.39 is 0 Å². The van der Waals surface area contributed by atoms with E-state index in [0.717, 1.165) is 18.6 Å². The van der Waals surface area contributed by atoms with Crippen LogP contribution in [0.1, 0.15) is 96.6 Å². The van der Waals surface area contributed by atoms with Gasteiger partial charge in [0, 0.05) is 23.3 Å². The van der Waals surface area contributed by atoms with Crippen molar-refractivity contribution in [1.82, 2.24) is 10.3 Å².